The Morgan fingerprint density at radius 2 is 2.00 bits per heavy atom. The summed E-state index contributed by atoms with van der Waals surface area (Å²) in [6.45, 7) is 8.36. The molecule has 0 saturated carbocycles. The Labute approximate surface area is 86.4 Å². The molecule has 1 aliphatic heterocycles. The summed E-state index contributed by atoms with van der Waals surface area (Å²) in [5, 5.41) is 0. The Balaban J connectivity index is 2.25. The van der Waals surface area contributed by atoms with Crippen molar-refractivity contribution < 1.29 is 9.53 Å². The summed E-state index contributed by atoms with van der Waals surface area (Å²) >= 11 is 0. The van der Waals surface area contributed by atoms with E-state index in [0.717, 1.165) is 25.9 Å². The van der Waals surface area contributed by atoms with Crippen LogP contribution in [0, 0.1) is 0 Å². The number of hydrogen-bond acceptors (Lipinski definition) is 3. The van der Waals surface area contributed by atoms with E-state index in [1.807, 2.05) is 6.92 Å². The molecule has 1 fully saturated rings. The number of carbonyl (C=O) groups is 1. The molecule has 0 spiro atoms. The van der Waals surface area contributed by atoms with Crippen molar-refractivity contribution in [3.63, 3.8) is 0 Å². The number of carbonyl (C=O) groups excluding carboxylic acids is 1. The third-order valence-corrected chi connectivity index (χ3v) is 2.79. The number of likely N-dealkylation sites (tertiary alicyclic amines) is 1. The van der Waals surface area contributed by atoms with Gasteiger partial charge in [0.15, 0.2) is 0 Å². The molecule has 0 bridgehead atoms. The largest absolute Gasteiger partial charge is 0.462 e. The molecule has 0 N–H and O–H groups in total. The van der Waals surface area contributed by atoms with Gasteiger partial charge in [-0.25, -0.2) is 0 Å². The van der Waals surface area contributed by atoms with Crippen LogP contribution in [0.3, 0.4) is 0 Å². The van der Waals surface area contributed by atoms with Crippen LogP contribution in [0.25, 0.3) is 0 Å². The maximum Gasteiger partial charge on any atom is 0.305 e. The van der Waals surface area contributed by atoms with Crippen molar-refractivity contribution in [1.82, 2.24) is 4.90 Å². The zero-order valence-electron chi connectivity index (χ0n) is 9.45. The highest BCUT2D eigenvalue weighted by atomic mass is 16.5. The zero-order valence-corrected chi connectivity index (χ0v) is 9.45. The standard InChI is InChI=1S/C11H21NO2/c1-4-11(13)14-10-5-7-12(8-6-10)9(2)3/h9-10H,4-8H2,1-3H3. The highest BCUT2D eigenvalue weighted by Crippen LogP contribution is 2.16. The first-order valence-corrected chi connectivity index (χ1v) is 5.57. The number of nitrogens with zero attached hydrogens (tertiary/aromatic N) is 1. The molecule has 82 valence electrons. The van der Waals surface area contributed by atoms with Gasteiger partial charge in [0, 0.05) is 25.6 Å². The van der Waals surface area contributed by atoms with E-state index in [2.05, 4.69) is 18.7 Å². The highest BCUT2D eigenvalue weighted by Gasteiger charge is 2.22. The van der Waals surface area contributed by atoms with E-state index in [-0.39, 0.29) is 12.1 Å². The summed E-state index contributed by atoms with van der Waals surface area (Å²) in [7, 11) is 0. The number of ether oxygens (including phenoxy) is 1. The summed E-state index contributed by atoms with van der Waals surface area (Å²) in [6, 6.07) is 0.609. The minimum atomic E-state index is -0.0620. The topological polar surface area (TPSA) is 29.5 Å². The molecule has 14 heavy (non-hydrogen) atoms. The average molecular weight is 199 g/mol. The van der Waals surface area contributed by atoms with Crippen LogP contribution in [0.2, 0.25) is 0 Å². The third-order valence-electron chi connectivity index (χ3n) is 2.79. The molecule has 0 aromatic heterocycles. The van der Waals surface area contributed by atoms with Gasteiger partial charge in [-0.15, -0.1) is 0 Å². The normalized spacial score (nSPS) is 20.0. The van der Waals surface area contributed by atoms with Gasteiger partial charge in [-0.05, 0) is 26.7 Å². The van der Waals surface area contributed by atoms with Crippen LogP contribution in [0.15, 0.2) is 0 Å². The van der Waals surface area contributed by atoms with Crippen LogP contribution in [0.5, 0.6) is 0 Å². The van der Waals surface area contributed by atoms with Gasteiger partial charge in [0.05, 0.1) is 0 Å². The minimum Gasteiger partial charge on any atom is -0.462 e. The molecule has 0 aromatic carbocycles. The molecular formula is C11H21NO2. The van der Waals surface area contributed by atoms with E-state index in [4.69, 9.17) is 4.74 Å². The van der Waals surface area contributed by atoms with E-state index in [1.54, 1.807) is 0 Å². The molecule has 0 radical (unpaired) electrons. The summed E-state index contributed by atoms with van der Waals surface area (Å²) in [4.78, 5) is 13.5. The fourth-order valence-electron chi connectivity index (χ4n) is 1.78. The lowest BCUT2D eigenvalue weighted by molar-refractivity contribution is -0.151. The van der Waals surface area contributed by atoms with Crippen LogP contribution in [0.1, 0.15) is 40.0 Å². The van der Waals surface area contributed by atoms with E-state index >= 15 is 0 Å². The second-order valence-corrected chi connectivity index (χ2v) is 4.17. The Morgan fingerprint density at radius 3 is 2.43 bits per heavy atom. The van der Waals surface area contributed by atoms with Crippen molar-refractivity contribution in [3.05, 3.63) is 0 Å². The van der Waals surface area contributed by atoms with Crippen molar-refractivity contribution in [2.45, 2.75) is 52.2 Å². The summed E-state index contributed by atoms with van der Waals surface area (Å²) in [5.74, 6) is -0.0620. The maximum atomic E-state index is 11.1. The SMILES string of the molecule is CCC(=O)OC1CCN(C(C)C)CC1. The fourth-order valence-corrected chi connectivity index (χ4v) is 1.78. The van der Waals surface area contributed by atoms with E-state index < -0.39 is 0 Å². The second kappa shape index (κ2) is 5.35. The Morgan fingerprint density at radius 1 is 1.43 bits per heavy atom. The molecule has 1 saturated heterocycles. The fraction of sp³-hybridized carbons (Fsp3) is 0.909. The molecule has 0 amide bonds. The number of rotatable bonds is 3. The van der Waals surface area contributed by atoms with E-state index in [1.165, 1.54) is 0 Å². The summed E-state index contributed by atoms with van der Waals surface area (Å²) < 4.78 is 5.30. The molecule has 0 aliphatic carbocycles. The molecule has 1 heterocycles. The average Bonchev–Trinajstić information content (AvgIpc) is 2.18. The number of hydrogen-bond donors (Lipinski definition) is 0. The van der Waals surface area contributed by atoms with E-state index in [0.29, 0.717) is 12.5 Å². The molecule has 3 heteroatoms. The van der Waals surface area contributed by atoms with Crippen LogP contribution in [0.4, 0.5) is 0 Å². The lowest BCUT2D eigenvalue weighted by Gasteiger charge is -2.34. The van der Waals surface area contributed by atoms with Gasteiger partial charge in [-0.3, -0.25) is 4.79 Å². The molecule has 1 aliphatic rings. The van der Waals surface area contributed by atoms with Gasteiger partial charge in [-0.2, -0.15) is 0 Å². The van der Waals surface area contributed by atoms with Crippen molar-refractivity contribution in [1.29, 1.82) is 0 Å². The summed E-state index contributed by atoms with van der Waals surface area (Å²) in [5.41, 5.74) is 0. The molecule has 0 atom stereocenters. The van der Waals surface area contributed by atoms with Crippen LogP contribution >= 0.6 is 0 Å². The van der Waals surface area contributed by atoms with Crippen molar-refractivity contribution >= 4 is 5.97 Å². The first kappa shape index (κ1) is 11.5. The van der Waals surface area contributed by atoms with Gasteiger partial charge >= 0.3 is 5.97 Å². The lowest BCUT2D eigenvalue weighted by atomic mass is 10.1. The van der Waals surface area contributed by atoms with Crippen molar-refractivity contribution in [2.24, 2.45) is 0 Å². The van der Waals surface area contributed by atoms with Crippen molar-refractivity contribution in [3.8, 4) is 0 Å². The monoisotopic (exact) mass is 199 g/mol. The second-order valence-electron chi connectivity index (χ2n) is 4.17. The van der Waals surface area contributed by atoms with Gasteiger partial charge in [0.25, 0.3) is 0 Å². The highest BCUT2D eigenvalue weighted by molar-refractivity contribution is 5.69. The zero-order chi connectivity index (χ0) is 10.6. The predicted octanol–water partition coefficient (Wildman–Crippen LogP) is 1.81. The van der Waals surface area contributed by atoms with Crippen molar-refractivity contribution in [2.75, 3.05) is 13.1 Å². The van der Waals surface area contributed by atoms with Gasteiger partial charge in [0.2, 0.25) is 0 Å². The number of esters is 1. The summed E-state index contributed by atoms with van der Waals surface area (Å²) in [6.07, 6.45) is 2.63. The van der Waals surface area contributed by atoms with Crippen LogP contribution < -0.4 is 0 Å². The van der Waals surface area contributed by atoms with Gasteiger partial charge in [-0.1, -0.05) is 6.92 Å². The quantitative estimate of drug-likeness (QED) is 0.649. The first-order valence-electron chi connectivity index (χ1n) is 5.57. The predicted molar refractivity (Wildman–Crippen MR) is 56.1 cm³/mol. The third kappa shape index (κ3) is 3.29. The lowest BCUT2D eigenvalue weighted by Crippen LogP contribution is -2.41. The first-order chi connectivity index (χ1) is 6.63. The number of piperidine rings is 1. The smallest absolute Gasteiger partial charge is 0.305 e. The Bertz CT molecular complexity index is 184. The van der Waals surface area contributed by atoms with Crippen LogP contribution in [-0.4, -0.2) is 36.1 Å². The van der Waals surface area contributed by atoms with Gasteiger partial charge < -0.3 is 9.64 Å². The maximum absolute atomic E-state index is 11.1. The molecule has 3 nitrogen and oxygen atoms in total. The van der Waals surface area contributed by atoms with Crippen LogP contribution in [-0.2, 0) is 9.53 Å². The molecule has 1 rings (SSSR count). The molecule has 0 aromatic rings. The van der Waals surface area contributed by atoms with E-state index in [9.17, 15) is 4.79 Å². The Kier molecular flexibility index (Phi) is 4.39. The van der Waals surface area contributed by atoms with Gasteiger partial charge in [0.1, 0.15) is 6.10 Å². The molecule has 0 unspecified atom stereocenters. The Hall–Kier alpha value is -0.570. The molecular weight excluding hydrogens is 178 g/mol. The minimum absolute atomic E-state index is 0.0620.